The third-order valence-electron chi connectivity index (χ3n) is 7.18. The number of nitrogens with zero attached hydrogens (tertiary/aromatic N) is 5. The van der Waals surface area contributed by atoms with Gasteiger partial charge in [0.2, 0.25) is 0 Å². The molecule has 0 fully saturated rings. The molecule has 39 heavy (non-hydrogen) atoms. The largest absolute Gasteiger partial charge is 0.446 e. The number of H-pyrrole nitrogens is 1. The number of rotatable bonds is 6. The number of aryl methyl sites for hydroxylation is 1. The molecule has 2 aromatic carbocycles. The van der Waals surface area contributed by atoms with E-state index in [1.807, 2.05) is 6.07 Å². The van der Waals surface area contributed by atoms with Gasteiger partial charge in [0.1, 0.15) is 6.67 Å². The van der Waals surface area contributed by atoms with E-state index in [1.165, 1.54) is 11.6 Å². The van der Waals surface area contributed by atoms with Gasteiger partial charge in [0.25, 0.3) is 5.95 Å². The maximum Gasteiger partial charge on any atom is 0.416 e. The summed E-state index contributed by atoms with van der Waals surface area (Å²) in [6, 6.07) is 6.94. The molecule has 1 aliphatic heterocycles. The van der Waals surface area contributed by atoms with E-state index in [4.69, 9.17) is 4.74 Å². The molecule has 208 valence electrons. The Balaban J connectivity index is 1.61. The van der Waals surface area contributed by atoms with Crippen molar-refractivity contribution in [2.24, 2.45) is 0 Å². The molecule has 0 spiro atoms. The Hall–Kier alpha value is -3.70. The number of tetrazole rings is 1. The number of aromatic amines is 1. The summed E-state index contributed by atoms with van der Waals surface area (Å²) in [5, 5.41) is 14.4. The Labute approximate surface area is 223 Å². The molecule has 12 heteroatoms. The topological polar surface area (TPSA) is 87.2 Å². The Bertz CT molecular complexity index is 1330. The predicted octanol–water partition coefficient (Wildman–Crippen LogP) is 6.07. The van der Waals surface area contributed by atoms with Crippen molar-refractivity contribution in [2.75, 3.05) is 16.3 Å². The van der Waals surface area contributed by atoms with Crippen LogP contribution in [-0.4, -0.2) is 39.4 Å². The van der Waals surface area contributed by atoms with Crippen LogP contribution in [-0.2, 0) is 37.0 Å². The normalized spacial score (nSPS) is 17.1. The first kappa shape index (κ1) is 26.9. The van der Waals surface area contributed by atoms with Crippen molar-refractivity contribution in [2.45, 2.75) is 77.5 Å². The Morgan fingerprint density at radius 1 is 1.18 bits per heavy atom. The monoisotopic (exact) mass is 546 g/mol. The van der Waals surface area contributed by atoms with E-state index in [2.05, 4.69) is 26.7 Å². The number of nitrogens with one attached hydrogen (secondary N) is 1. The third-order valence-corrected chi connectivity index (χ3v) is 7.18. The van der Waals surface area contributed by atoms with Gasteiger partial charge in [0, 0.05) is 13.1 Å². The number of hydrogen-bond donors (Lipinski definition) is 1. The fraction of sp³-hybridized carbons (Fsp3) is 0.481. The molecule has 1 unspecified atom stereocenters. The number of fused-ring (bicyclic) bond motifs is 3. The van der Waals surface area contributed by atoms with Crippen molar-refractivity contribution in [1.29, 1.82) is 0 Å². The molecule has 5 rings (SSSR count). The highest BCUT2D eigenvalue weighted by Crippen LogP contribution is 2.44. The zero-order valence-corrected chi connectivity index (χ0v) is 21.8. The molecule has 8 nitrogen and oxygen atoms in total. The van der Waals surface area contributed by atoms with Crippen LogP contribution in [0, 0.1) is 0 Å². The number of anilines is 2. The average molecular weight is 547 g/mol. The molecule has 0 saturated heterocycles. The minimum atomic E-state index is -4.62. The van der Waals surface area contributed by atoms with Crippen LogP contribution < -0.4 is 9.80 Å². The summed E-state index contributed by atoms with van der Waals surface area (Å²) in [5.41, 5.74) is 3.19. The first-order valence-corrected chi connectivity index (χ1v) is 13.0. The highest BCUT2D eigenvalue weighted by molar-refractivity contribution is 5.91. The lowest BCUT2D eigenvalue weighted by Gasteiger charge is -2.33. The smallest absolute Gasteiger partial charge is 0.416 e. The number of alkyl halides is 4. The summed E-state index contributed by atoms with van der Waals surface area (Å²) >= 11 is 0. The lowest BCUT2D eigenvalue weighted by atomic mass is 9.94. The summed E-state index contributed by atoms with van der Waals surface area (Å²) in [6.07, 6.45) is -1.48. The SMILES string of the molecule is CC(C)OC(=O)N1CCCC(N(Cc2cc(CF)cc(C(F)(F)F)c2)c2nn[nH]n2)c2ccc3c(c21)CCC3. The summed E-state index contributed by atoms with van der Waals surface area (Å²) in [5.74, 6) is 0.198. The van der Waals surface area contributed by atoms with Gasteiger partial charge in [-0.15, -0.1) is 5.10 Å². The first-order valence-electron chi connectivity index (χ1n) is 13.0. The fourth-order valence-corrected chi connectivity index (χ4v) is 5.62. The van der Waals surface area contributed by atoms with Gasteiger partial charge in [-0.05, 0) is 91.1 Å². The van der Waals surface area contributed by atoms with E-state index in [0.717, 1.165) is 48.2 Å². The van der Waals surface area contributed by atoms with Crippen LogP contribution in [0.5, 0.6) is 0 Å². The third kappa shape index (κ3) is 5.55. The number of hydrogen-bond acceptors (Lipinski definition) is 6. The first-order chi connectivity index (χ1) is 18.7. The quantitative estimate of drug-likeness (QED) is 0.378. The lowest BCUT2D eigenvalue weighted by molar-refractivity contribution is -0.137. The number of halogens is 4. The number of carbonyl (C=O) groups is 1. The van der Waals surface area contributed by atoms with Crippen molar-refractivity contribution < 1.29 is 27.1 Å². The molecule has 1 aliphatic carbocycles. The second-order valence-corrected chi connectivity index (χ2v) is 10.2. The Kier molecular flexibility index (Phi) is 7.46. The van der Waals surface area contributed by atoms with E-state index in [-0.39, 0.29) is 35.8 Å². The zero-order valence-electron chi connectivity index (χ0n) is 21.8. The molecule has 2 aliphatic rings. The van der Waals surface area contributed by atoms with Crippen molar-refractivity contribution >= 4 is 17.7 Å². The fourth-order valence-electron chi connectivity index (χ4n) is 5.62. The van der Waals surface area contributed by atoms with Crippen LogP contribution in [0.2, 0.25) is 0 Å². The summed E-state index contributed by atoms with van der Waals surface area (Å²) in [6.45, 7) is 2.99. The second-order valence-electron chi connectivity index (χ2n) is 10.2. The van der Waals surface area contributed by atoms with Crippen LogP contribution in [0.25, 0.3) is 0 Å². The van der Waals surface area contributed by atoms with Gasteiger partial charge in [0.15, 0.2) is 0 Å². The molecular formula is C27H30F4N6O2. The van der Waals surface area contributed by atoms with Crippen molar-refractivity contribution in [1.82, 2.24) is 20.6 Å². The molecule has 1 atom stereocenters. The molecular weight excluding hydrogens is 516 g/mol. The van der Waals surface area contributed by atoms with E-state index in [0.29, 0.717) is 19.4 Å². The van der Waals surface area contributed by atoms with E-state index < -0.39 is 24.5 Å². The zero-order chi connectivity index (χ0) is 27.7. The predicted molar refractivity (Wildman–Crippen MR) is 136 cm³/mol. The number of amides is 1. The molecule has 2 heterocycles. The van der Waals surface area contributed by atoms with Gasteiger partial charge in [-0.2, -0.15) is 18.4 Å². The van der Waals surface area contributed by atoms with Crippen LogP contribution in [0.4, 0.5) is 34.0 Å². The van der Waals surface area contributed by atoms with Gasteiger partial charge in [0.05, 0.1) is 23.4 Å². The summed E-state index contributed by atoms with van der Waals surface area (Å²) in [4.78, 5) is 16.7. The average Bonchev–Trinajstić information content (AvgIpc) is 3.55. The van der Waals surface area contributed by atoms with Gasteiger partial charge in [-0.25, -0.2) is 9.18 Å². The number of ether oxygens (including phenoxy) is 1. The summed E-state index contributed by atoms with van der Waals surface area (Å²) in [7, 11) is 0. The van der Waals surface area contributed by atoms with Gasteiger partial charge in [-0.3, -0.25) is 4.90 Å². The van der Waals surface area contributed by atoms with Crippen molar-refractivity contribution in [3.05, 3.63) is 63.7 Å². The van der Waals surface area contributed by atoms with E-state index in [9.17, 15) is 22.4 Å². The lowest BCUT2D eigenvalue weighted by Crippen LogP contribution is -2.35. The summed E-state index contributed by atoms with van der Waals surface area (Å²) < 4.78 is 60.0. The van der Waals surface area contributed by atoms with Crippen molar-refractivity contribution in [3.8, 4) is 0 Å². The van der Waals surface area contributed by atoms with Crippen molar-refractivity contribution in [3.63, 3.8) is 0 Å². The molecule has 3 aromatic rings. The number of benzene rings is 2. The van der Waals surface area contributed by atoms with Crippen LogP contribution in [0.1, 0.15) is 72.5 Å². The number of aromatic nitrogens is 4. The maximum absolute atomic E-state index is 13.6. The van der Waals surface area contributed by atoms with Gasteiger partial charge >= 0.3 is 12.3 Å². The highest BCUT2D eigenvalue weighted by Gasteiger charge is 2.36. The van der Waals surface area contributed by atoms with Gasteiger partial charge in [-0.1, -0.05) is 23.3 Å². The van der Waals surface area contributed by atoms with Crippen LogP contribution in [0.15, 0.2) is 30.3 Å². The molecule has 0 bridgehead atoms. The standard InChI is InChI=1S/C27H30F4N6O2/c1-16(2)39-26(38)36-10-4-7-23(22-9-8-19-5-3-6-21(19)24(22)36)37(25-32-34-35-33-25)15-18-11-17(14-28)12-20(13-18)27(29,30)31/h8-9,11-13,16,23H,3-7,10,14-15H2,1-2H3,(H,32,33,34,35). The molecule has 1 aromatic heterocycles. The molecule has 0 radical (unpaired) electrons. The molecule has 1 amide bonds. The molecule has 0 saturated carbocycles. The van der Waals surface area contributed by atoms with Gasteiger partial charge < -0.3 is 9.64 Å². The van der Waals surface area contributed by atoms with E-state index in [1.54, 1.807) is 23.6 Å². The molecule has 1 N–H and O–H groups in total. The second kappa shape index (κ2) is 10.8. The minimum absolute atomic E-state index is 0.0198. The highest BCUT2D eigenvalue weighted by atomic mass is 19.4. The Morgan fingerprint density at radius 3 is 2.67 bits per heavy atom. The Morgan fingerprint density at radius 2 is 1.97 bits per heavy atom. The minimum Gasteiger partial charge on any atom is -0.446 e. The van der Waals surface area contributed by atoms with Crippen LogP contribution in [0.3, 0.4) is 0 Å². The van der Waals surface area contributed by atoms with E-state index >= 15 is 0 Å². The van der Waals surface area contributed by atoms with Crippen LogP contribution >= 0.6 is 0 Å². The maximum atomic E-state index is 13.6. The number of carbonyl (C=O) groups excluding carboxylic acids is 1.